The predicted molar refractivity (Wildman–Crippen MR) is 41.0 cm³/mol. The Labute approximate surface area is 54.6 Å². The van der Waals surface area contributed by atoms with E-state index in [2.05, 4.69) is 7.85 Å². The van der Waals surface area contributed by atoms with Crippen LogP contribution in [0.1, 0.15) is 19.3 Å². The van der Waals surface area contributed by atoms with Crippen molar-refractivity contribution in [2.75, 3.05) is 6.61 Å². The smallest absolute Gasteiger partial charge is 0.137 e. The minimum atomic E-state index is 0.318. The maximum Gasteiger partial charge on any atom is 0.137 e. The molecule has 1 fully saturated rings. The van der Waals surface area contributed by atoms with E-state index in [1.165, 1.54) is 29.5 Å². The van der Waals surface area contributed by atoms with Gasteiger partial charge in [-0.1, -0.05) is 0 Å². The SMILES string of the molecule is BC1([SiH3])CCCCO1. The lowest BCUT2D eigenvalue weighted by Gasteiger charge is -2.29. The first kappa shape index (κ1) is 6.36. The first-order chi connectivity index (χ1) is 3.71. The molecular formula is C5H13BOSi. The molecule has 0 aromatic rings. The molecule has 1 heterocycles. The van der Waals surface area contributed by atoms with Gasteiger partial charge in [-0.3, -0.25) is 0 Å². The topological polar surface area (TPSA) is 9.23 Å². The zero-order chi connectivity index (χ0) is 6.04. The second kappa shape index (κ2) is 2.23. The second-order valence-electron chi connectivity index (χ2n) is 3.07. The van der Waals surface area contributed by atoms with Gasteiger partial charge in [-0.15, -0.1) is 0 Å². The summed E-state index contributed by atoms with van der Waals surface area (Å²) in [4.78, 5) is 0. The second-order valence-corrected chi connectivity index (χ2v) is 5.18. The van der Waals surface area contributed by atoms with Crippen LogP contribution in [0.15, 0.2) is 0 Å². The van der Waals surface area contributed by atoms with Gasteiger partial charge in [-0.25, -0.2) is 0 Å². The van der Waals surface area contributed by atoms with Crippen LogP contribution in [0.4, 0.5) is 0 Å². The van der Waals surface area contributed by atoms with Crippen LogP contribution in [0.3, 0.4) is 0 Å². The van der Waals surface area contributed by atoms with Gasteiger partial charge in [0.2, 0.25) is 0 Å². The maximum atomic E-state index is 5.53. The van der Waals surface area contributed by atoms with Crippen molar-refractivity contribution in [2.45, 2.75) is 24.4 Å². The molecule has 1 aliphatic rings. The molecule has 1 nitrogen and oxygen atoms in total. The van der Waals surface area contributed by atoms with Crippen molar-refractivity contribution in [1.29, 1.82) is 0 Å². The van der Waals surface area contributed by atoms with E-state index >= 15 is 0 Å². The first-order valence-electron chi connectivity index (χ1n) is 3.35. The molecule has 0 spiro atoms. The van der Waals surface area contributed by atoms with Crippen molar-refractivity contribution in [3.05, 3.63) is 0 Å². The van der Waals surface area contributed by atoms with Gasteiger partial charge in [0.05, 0.1) is 0 Å². The molecule has 3 heteroatoms. The van der Waals surface area contributed by atoms with Gasteiger partial charge in [-0.2, -0.15) is 0 Å². The van der Waals surface area contributed by atoms with Gasteiger partial charge >= 0.3 is 0 Å². The lowest BCUT2D eigenvalue weighted by atomic mass is 9.91. The predicted octanol–water partition coefficient (Wildman–Crippen LogP) is -1.16. The fraction of sp³-hybridized carbons (Fsp3) is 1.00. The molecule has 0 amide bonds. The Hall–Kier alpha value is 0.242. The molecule has 0 aliphatic carbocycles. The van der Waals surface area contributed by atoms with E-state index in [0.717, 1.165) is 6.61 Å². The summed E-state index contributed by atoms with van der Waals surface area (Å²) < 4.78 is 5.53. The highest BCUT2D eigenvalue weighted by molar-refractivity contribution is 6.39. The standard InChI is InChI=1S/C5H13BOSi/c6-5(8)3-1-2-4-7-5/h1-4,6H2,8H3. The van der Waals surface area contributed by atoms with Crippen LogP contribution < -0.4 is 0 Å². The maximum absolute atomic E-state index is 5.53. The summed E-state index contributed by atoms with van der Waals surface area (Å²) in [5.41, 5.74) is 0. The molecule has 0 bridgehead atoms. The molecule has 0 N–H and O–H groups in total. The highest BCUT2D eigenvalue weighted by Gasteiger charge is 2.20. The van der Waals surface area contributed by atoms with Crippen LogP contribution in [-0.4, -0.2) is 29.8 Å². The molecule has 0 aromatic carbocycles. The molecule has 1 rings (SSSR count). The van der Waals surface area contributed by atoms with Crippen molar-refractivity contribution in [2.24, 2.45) is 0 Å². The zero-order valence-electron chi connectivity index (χ0n) is 5.74. The minimum absolute atomic E-state index is 0.318. The average Bonchev–Trinajstić information content (AvgIpc) is 1.65. The third-order valence-corrected chi connectivity index (χ3v) is 2.45. The summed E-state index contributed by atoms with van der Waals surface area (Å²) in [6.45, 7) is 1.00. The molecule has 0 radical (unpaired) electrons. The molecular weight excluding hydrogens is 115 g/mol. The third-order valence-electron chi connectivity index (χ3n) is 1.67. The molecule has 0 saturated carbocycles. The van der Waals surface area contributed by atoms with E-state index in [4.69, 9.17) is 4.74 Å². The van der Waals surface area contributed by atoms with E-state index in [-0.39, 0.29) is 0 Å². The quantitative estimate of drug-likeness (QED) is 0.374. The van der Waals surface area contributed by atoms with E-state index < -0.39 is 0 Å². The molecule has 8 heavy (non-hydrogen) atoms. The van der Waals surface area contributed by atoms with Crippen molar-refractivity contribution in [3.8, 4) is 0 Å². The molecule has 0 aromatic heterocycles. The Morgan fingerprint density at radius 3 is 2.50 bits per heavy atom. The van der Waals surface area contributed by atoms with Crippen LogP contribution >= 0.6 is 0 Å². The fourth-order valence-corrected chi connectivity index (χ4v) is 1.63. The normalized spacial score (nSPS) is 40.0. The van der Waals surface area contributed by atoms with E-state index in [0.29, 0.717) is 5.12 Å². The van der Waals surface area contributed by atoms with Gasteiger partial charge < -0.3 is 4.74 Å². The lowest BCUT2D eigenvalue weighted by molar-refractivity contribution is 0.0383. The Morgan fingerprint density at radius 1 is 1.50 bits per heavy atom. The summed E-state index contributed by atoms with van der Waals surface area (Å²) in [5, 5.41) is 0.318. The average molecular weight is 128 g/mol. The van der Waals surface area contributed by atoms with Gasteiger partial charge in [0.25, 0.3) is 0 Å². The molecule has 1 atom stereocenters. The van der Waals surface area contributed by atoms with Gasteiger partial charge in [-0.05, 0) is 19.3 Å². The summed E-state index contributed by atoms with van der Waals surface area (Å²) in [5.74, 6) is 0. The largest absolute Gasteiger partial charge is 0.388 e. The van der Waals surface area contributed by atoms with Crippen molar-refractivity contribution >= 4 is 18.1 Å². The van der Waals surface area contributed by atoms with Crippen LogP contribution in [0.2, 0.25) is 0 Å². The number of hydrogen-bond acceptors (Lipinski definition) is 1. The molecule has 1 unspecified atom stereocenters. The summed E-state index contributed by atoms with van der Waals surface area (Å²) in [7, 11) is 3.41. The Morgan fingerprint density at radius 2 is 2.25 bits per heavy atom. The Bertz CT molecular complexity index is 76.5. The van der Waals surface area contributed by atoms with Crippen LogP contribution in [0.5, 0.6) is 0 Å². The highest BCUT2D eigenvalue weighted by atomic mass is 28.1. The Balaban J connectivity index is 2.33. The van der Waals surface area contributed by atoms with Gasteiger partial charge in [0.15, 0.2) is 0 Å². The number of hydrogen-bond donors (Lipinski definition) is 0. The lowest BCUT2D eigenvalue weighted by Crippen LogP contribution is -2.36. The van der Waals surface area contributed by atoms with Crippen LogP contribution in [-0.2, 0) is 4.74 Å². The highest BCUT2D eigenvalue weighted by Crippen LogP contribution is 2.17. The van der Waals surface area contributed by atoms with Crippen molar-refractivity contribution < 1.29 is 4.74 Å². The summed E-state index contributed by atoms with van der Waals surface area (Å²) in [6.07, 6.45) is 3.94. The monoisotopic (exact) mass is 128 g/mol. The molecule has 46 valence electrons. The zero-order valence-corrected chi connectivity index (χ0v) is 7.74. The molecule has 1 aliphatic heterocycles. The van der Waals surface area contributed by atoms with Crippen LogP contribution in [0.25, 0.3) is 0 Å². The van der Waals surface area contributed by atoms with Crippen LogP contribution in [0, 0.1) is 0 Å². The number of ether oxygens (including phenoxy) is 1. The van der Waals surface area contributed by atoms with E-state index in [1.807, 2.05) is 0 Å². The van der Waals surface area contributed by atoms with Crippen molar-refractivity contribution in [3.63, 3.8) is 0 Å². The summed E-state index contributed by atoms with van der Waals surface area (Å²) >= 11 is 0. The minimum Gasteiger partial charge on any atom is -0.388 e. The van der Waals surface area contributed by atoms with Crippen molar-refractivity contribution in [1.82, 2.24) is 0 Å². The fourth-order valence-electron chi connectivity index (χ4n) is 1.07. The van der Waals surface area contributed by atoms with Gasteiger partial charge in [0.1, 0.15) is 7.85 Å². The number of rotatable bonds is 0. The third kappa shape index (κ3) is 1.64. The first-order valence-corrected chi connectivity index (χ1v) is 4.35. The molecule has 1 saturated heterocycles. The van der Waals surface area contributed by atoms with E-state index in [9.17, 15) is 0 Å². The van der Waals surface area contributed by atoms with E-state index in [1.54, 1.807) is 0 Å². The Kier molecular flexibility index (Phi) is 1.78. The van der Waals surface area contributed by atoms with Gasteiger partial charge in [0, 0.05) is 22.0 Å². The summed E-state index contributed by atoms with van der Waals surface area (Å²) in [6, 6.07) is 0.